The number of halogens is 1. The van der Waals surface area contributed by atoms with Crippen LogP contribution < -0.4 is 11.1 Å². The minimum atomic E-state index is -0.496. The van der Waals surface area contributed by atoms with Crippen molar-refractivity contribution < 1.29 is 9.18 Å². The molecule has 20 heavy (non-hydrogen) atoms. The lowest BCUT2D eigenvalue weighted by atomic mass is 9.75. The number of nitrogens with two attached hydrogens (primary N) is 1. The molecule has 0 spiro atoms. The van der Waals surface area contributed by atoms with Crippen LogP contribution in [0.5, 0.6) is 0 Å². The number of benzene rings is 1. The van der Waals surface area contributed by atoms with Gasteiger partial charge < -0.3 is 16.0 Å². The Bertz CT molecular complexity index is 524. The molecule has 2 rings (SSSR count). The molecule has 110 valence electrons. The first-order chi connectivity index (χ1) is 9.35. The second kappa shape index (κ2) is 5.40. The number of aryl methyl sites for hydroxylation is 1. The first kappa shape index (κ1) is 14.8. The van der Waals surface area contributed by atoms with E-state index in [1.54, 1.807) is 6.92 Å². The third-order valence-corrected chi connectivity index (χ3v) is 4.33. The Morgan fingerprint density at radius 3 is 2.60 bits per heavy atom. The van der Waals surface area contributed by atoms with Gasteiger partial charge in [-0.2, -0.15) is 0 Å². The molecule has 1 aromatic rings. The lowest BCUT2D eigenvalue weighted by Gasteiger charge is -2.47. The summed E-state index contributed by atoms with van der Waals surface area (Å²) in [6, 6.07) is 2.92. The summed E-state index contributed by atoms with van der Waals surface area (Å²) in [6.45, 7) is 2.14. The van der Waals surface area contributed by atoms with Gasteiger partial charge >= 0.3 is 0 Å². The van der Waals surface area contributed by atoms with Gasteiger partial charge in [-0.3, -0.25) is 4.79 Å². The number of carbonyl (C=O) groups excluding carboxylic acids is 1. The first-order valence-electron chi connectivity index (χ1n) is 6.87. The van der Waals surface area contributed by atoms with Crippen molar-refractivity contribution in [2.75, 3.05) is 26.4 Å². The number of hydrogen-bond donors (Lipinski definition) is 2. The highest BCUT2D eigenvalue weighted by molar-refractivity contribution is 5.95. The molecule has 1 aliphatic carbocycles. The number of anilines is 1. The fraction of sp³-hybridized carbons (Fsp3) is 0.533. The highest BCUT2D eigenvalue weighted by Gasteiger charge is 2.39. The molecule has 0 heterocycles. The van der Waals surface area contributed by atoms with E-state index in [0.717, 1.165) is 12.8 Å². The summed E-state index contributed by atoms with van der Waals surface area (Å²) in [7, 11) is 4.02. The highest BCUT2D eigenvalue weighted by Crippen LogP contribution is 2.35. The van der Waals surface area contributed by atoms with E-state index >= 15 is 0 Å². The fourth-order valence-corrected chi connectivity index (χ4v) is 2.67. The molecule has 3 N–H and O–H groups in total. The number of amides is 1. The lowest BCUT2D eigenvalue weighted by Crippen LogP contribution is -2.57. The van der Waals surface area contributed by atoms with Crippen molar-refractivity contribution in [3.05, 3.63) is 29.1 Å². The average molecular weight is 279 g/mol. The van der Waals surface area contributed by atoms with Crippen molar-refractivity contribution in [1.82, 2.24) is 10.2 Å². The van der Waals surface area contributed by atoms with Crippen LogP contribution in [-0.2, 0) is 0 Å². The Balaban J connectivity index is 2.09. The molecule has 0 unspecified atom stereocenters. The molecule has 0 aromatic heterocycles. The first-order valence-corrected chi connectivity index (χ1v) is 6.87. The number of hydrogen-bond acceptors (Lipinski definition) is 3. The third-order valence-electron chi connectivity index (χ3n) is 4.33. The van der Waals surface area contributed by atoms with Gasteiger partial charge in [-0.25, -0.2) is 4.39 Å². The molecule has 0 aliphatic heterocycles. The molecule has 0 atom stereocenters. The second-order valence-electron chi connectivity index (χ2n) is 5.85. The molecule has 0 radical (unpaired) electrons. The molecule has 1 fully saturated rings. The maximum Gasteiger partial charge on any atom is 0.254 e. The Hall–Kier alpha value is -1.62. The summed E-state index contributed by atoms with van der Waals surface area (Å²) >= 11 is 0. The zero-order chi connectivity index (χ0) is 14.9. The van der Waals surface area contributed by atoms with Gasteiger partial charge in [-0.05, 0) is 58.0 Å². The van der Waals surface area contributed by atoms with E-state index in [-0.39, 0.29) is 11.1 Å². The molecule has 0 bridgehead atoms. The van der Waals surface area contributed by atoms with Crippen molar-refractivity contribution in [2.45, 2.75) is 31.7 Å². The Labute approximate surface area is 119 Å². The maximum atomic E-state index is 14.0. The van der Waals surface area contributed by atoms with Crippen LogP contribution in [-0.4, -0.2) is 37.0 Å². The SMILES string of the molecule is Cc1cc(N)cc(C(=O)NCC2(N(C)C)CCC2)c1F. The Morgan fingerprint density at radius 1 is 1.45 bits per heavy atom. The van der Waals surface area contributed by atoms with Crippen molar-refractivity contribution in [3.8, 4) is 0 Å². The van der Waals surface area contributed by atoms with Crippen LogP contribution in [0.15, 0.2) is 12.1 Å². The number of nitrogen functional groups attached to an aromatic ring is 1. The van der Waals surface area contributed by atoms with E-state index in [0.29, 0.717) is 17.8 Å². The van der Waals surface area contributed by atoms with Gasteiger partial charge in [-0.15, -0.1) is 0 Å². The van der Waals surface area contributed by atoms with Crippen LogP contribution in [0.2, 0.25) is 0 Å². The molecule has 1 aliphatic rings. The number of carbonyl (C=O) groups is 1. The van der Waals surface area contributed by atoms with E-state index in [1.165, 1.54) is 18.6 Å². The van der Waals surface area contributed by atoms with Crippen LogP contribution in [0.25, 0.3) is 0 Å². The minimum Gasteiger partial charge on any atom is -0.399 e. The van der Waals surface area contributed by atoms with Crippen LogP contribution in [0.4, 0.5) is 10.1 Å². The summed E-state index contributed by atoms with van der Waals surface area (Å²) in [5, 5.41) is 2.84. The van der Waals surface area contributed by atoms with E-state index in [9.17, 15) is 9.18 Å². The Kier molecular flexibility index (Phi) is 3.99. The molecule has 1 aromatic carbocycles. The van der Waals surface area contributed by atoms with Crippen molar-refractivity contribution in [1.29, 1.82) is 0 Å². The van der Waals surface area contributed by atoms with Gasteiger partial charge in [0, 0.05) is 17.8 Å². The maximum absolute atomic E-state index is 14.0. The summed E-state index contributed by atoms with van der Waals surface area (Å²) in [4.78, 5) is 14.3. The van der Waals surface area contributed by atoms with Gasteiger partial charge in [0.25, 0.3) is 5.91 Å². The van der Waals surface area contributed by atoms with Gasteiger partial charge in [0.2, 0.25) is 0 Å². The van der Waals surface area contributed by atoms with E-state index < -0.39 is 11.7 Å². The fourth-order valence-electron chi connectivity index (χ4n) is 2.67. The molecule has 4 nitrogen and oxygen atoms in total. The molecule has 0 saturated heterocycles. The Morgan fingerprint density at radius 2 is 2.10 bits per heavy atom. The standard InChI is InChI=1S/C15H22FN3O/c1-10-7-11(17)8-12(13(10)16)14(20)18-9-15(19(2)3)5-4-6-15/h7-8H,4-6,9,17H2,1-3H3,(H,18,20). The summed E-state index contributed by atoms with van der Waals surface area (Å²) in [6.07, 6.45) is 3.28. The average Bonchev–Trinajstić information content (AvgIpc) is 2.31. The molecule has 1 amide bonds. The van der Waals surface area contributed by atoms with E-state index in [4.69, 9.17) is 5.73 Å². The number of nitrogens with one attached hydrogen (secondary N) is 1. The lowest BCUT2D eigenvalue weighted by molar-refractivity contribution is 0.0556. The normalized spacial score (nSPS) is 16.9. The van der Waals surface area contributed by atoms with Crippen LogP contribution in [0.1, 0.15) is 35.2 Å². The minimum absolute atomic E-state index is 0.0154. The molecule has 1 saturated carbocycles. The van der Waals surface area contributed by atoms with E-state index in [1.807, 2.05) is 14.1 Å². The molecular weight excluding hydrogens is 257 g/mol. The quantitative estimate of drug-likeness (QED) is 0.828. The summed E-state index contributed by atoms with van der Waals surface area (Å²) in [5.74, 6) is -0.893. The van der Waals surface area contributed by atoms with Crippen LogP contribution >= 0.6 is 0 Å². The smallest absolute Gasteiger partial charge is 0.254 e. The zero-order valence-corrected chi connectivity index (χ0v) is 12.3. The van der Waals surface area contributed by atoms with Gasteiger partial charge in [0.1, 0.15) is 5.82 Å². The highest BCUT2D eigenvalue weighted by atomic mass is 19.1. The summed E-state index contributed by atoms with van der Waals surface area (Å²) in [5.41, 5.74) is 6.51. The van der Waals surface area contributed by atoms with Crippen molar-refractivity contribution in [3.63, 3.8) is 0 Å². The van der Waals surface area contributed by atoms with Gasteiger partial charge in [0.05, 0.1) is 5.56 Å². The van der Waals surface area contributed by atoms with Crippen LogP contribution in [0.3, 0.4) is 0 Å². The van der Waals surface area contributed by atoms with Crippen molar-refractivity contribution in [2.24, 2.45) is 0 Å². The topological polar surface area (TPSA) is 58.4 Å². The molecule has 5 heteroatoms. The van der Waals surface area contributed by atoms with Gasteiger partial charge in [0.15, 0.2) is 0 Å². The summed E-state index contributed by atoms with van der Waals surface area (Å²) < 4.78 is 14.0. The predicted molar refractivity (Wildman–Crippen MR) is 78.2 cm³/mol. The zero-order valence-electron chi connectivity index (χ0n) is 12.3. The largest absolute Gasteiger partial charge is 0.399 e. The number of likely N-dealkylation sites (N-methyl/N-ethyl adjacent to an activating group) is 1. The van der Waals surface area contributed by atoms with Crippen molar-refractivity contribution >= 4 is 11.6 Å². The van der Waals surface area contributed by atoms with E-state index in [2.05, 4.69) is 10.2 Å². The van der Waals surface area contributed by atoms with Gasteiger partial charge in [-0.1, -0.05) is 0 Å². The predicted octanol–water partition coefficient (Wildman–Crippen LogP) is 1.93. The second-order valence-corrected chi connectivity index (χ2v) is 5.85. The number of nitrogens with zero attached hydrogens (tertiary/aromatic N) is 1. The monoisotopic (exact) mass is 279 g/mol. The molecular formula is C15H22FN3O. The third kappa shape index (κ3) is 2.63. The van der Waals surface area contributed by atoms with Crippen LogP contribution in [0, 0.1) is 12.7 Å². The number of rotatable bonds is 4.